The first-order valence-electron chi connectivity index (χ1n) is 10.9. The molecule has 4 heteroatoms. The Balaban J connectivity index is 0.000000218. The summed E-state index contributed by atoms with van der Waals surface area (Å²) < 4.78 is 16.0. The van der Waals surface area contributed by atoms with Gasteiger partial charge in [-0.1, -0.05) is 54.7 Å². The van der Waals surface area contributed by atoms with Gasteiger partial charge in [-0.3, -0.25) is 0 Å². The third-order valence-corrected chi connectivity index (χ3v) is 5.69. The van der Waals surface area contributed by atoms with Crippen LogP contribution < -0.4 is 0 Å². The summed E-state index contributed by atoms with van der Waals surface area (Å²) in [6.45, 7) is 31.7. The third kappa shape index (κ3) is 8.76. The second kappa shape index (κ2) is 10.4. The summed E-state index contributed by atoms with van der Waals surface area (Å²) in [5, 5.41) is 0. The van der Waals surface area contributed by atoms with E-state index in [4.69, 9.17) is 14.2 Å². The molecule has 168 valence electrons. The first-order valence-corrected chi connectivity index (χ1v) is 10.9. The summed E-state index contributed by atoms with van der Waals surface area (Å²) in [4.78, 5) is 2.15. The van der Waals surface area contributed by atoms with Gasteiger partial charge >= 0.3 is 0 Å². The van der Waals surface area contributed by atoms with Crippen molar-refractivity contribution in [2.24, 2.45) is 16.7 Å². The number of rotatable bonds is 1. The third-order valence-electron chi connectivity index (χ3n) is 5.69. The summed E-state index contributed by atoms with van der Waals surface area (Å²) in [6.07, 6.45) is 3.62. The van der Waals surface area contributed by atoms with Crippen LogP contribution in [0, 0.1) is 16.7 Å². The van der Waals surface area contributed by atoms with Crippen molar-refractivity contribution in [2.45, 2.75) is 86.8 Å². The van der Waals surface area contributed by atoms with Crippen molar-refractivity contribution in [3.8, 4) is 0 Å². The van der Waals surface area contributed by atoms with Gasteiger partial charge in [-0.25, -0.2) is 0 Å². The molecule has 3 fully saturated rings. The highest BCUT2D eigenvalue weighted by Gasteiger charge is 2.31. The van der Waals surface area contributed by atoms with Crippen LogP contribution in [0.2, 0.25) is 0 Å². The minimum atomic E-state index is 0.277. The van der Waals surface area contributed by atoms with Gasteiger partial charge in [-0.15, -0.1) is 0 Å². The Bertz CT molecular complexity index is 530. The van der Waals surface area contributed by atoms with Crippen LogP contribution >= 0.6 is 0 Å². The van der Waals surface area contributed by atoms with Crippen LogP contribution in [0.5, 0.6) is 0 Å². The Kier molecular flexibility index (Phi) is 9.17. The molecule has 0 aromatic carbocycles. The van der Waals surface area contributed by atoms with E-state index in [1.807, 2.05) is 0 Å². The standard InChI is InChI=1S/2C9H16O.C7H13NO/c1-7-5-8(6-10-7)9(2,3)4;1-7-5-6-8(10-7)9(2,3)4;1-6(2)8-4-5-9-7(8)3/h2*8H,1,5-6H2,2-4H3;6H,3-5H2,1-2H3. The predicted molar refractivity (Wildman–Crippen MR) is 122 cm³/mol. The highest BCUT2D eigenvalue weighted by Crippen LogP contribution is 2.36. The zero-order chi connectivity index (χ0) is 22.4. The topological polar surface area (TPSA) is 30.9 Å². The van der Waals surface area contributed by atoms with Gasteiger partial charge in [0.1, 0.15) is 12.7 Å². The molecule has 2 atom stereocenters. The fourth-order valence-electron chi connectivity index (χ4n) is 3.40. The van der Waals surface area contributed by atoms with E-state index >= 15 is 0 Å². The summed E-state index contributed by atoms with van der Waals surface area (Å²) >= 11 is 0. The summed E-state index contributed by atoms with van der Waals surface area (Å²) in [7, 11) is 0. The number of hydrogen-bond donors (Lipinski definition) is 0. The molecule has 3 saturated heterocycles. The molecule has 0 bridgehead atoms. The van der Waals surface area contributed by atoms with Gasteiger partial charge in [0, 0.05) is 24.8 Å². The fraction of sp³-hybridized carbons (Fsp3) is 0.760. The van der Waals surface area contributed by atoms with Crippen molar-refractivity contribution >= 4 is 0 Å². The average molecular weight is 408 g/mol. The van der Waals surface area contributed by atoms with Crippen LogP contribution in [-0.2, 0) is 14.2 Å². The highest BCUT2D eigenvalue weighted by atomic mass is 16.5. The fourth-order valence-corrected chi connectivity index (χ4v) is 3.40. The van der Waals surface area contributed by atoms with E-state index in [-0.39, 0.29) is 5.41 Å². The molecule has 0 saturated carbocycles. The van der Waals surface area contributed by atoms with Gasteiger partial charge in [-0.2, -0.15) is 0 Å². The molecule has 29 heavy (non-hydrogen) atoms. The Labute approximate surface area is 180 Å². The Morgan fingerprint density at radius 3 is 1.76 bits per heavy atom. The summed E-state index contributed by atoms with van der Waals surface area (Å²) in [6, 6.07) is 0.528. The lowest BCUT2D eigenvalue weighted by atomic mass is 9.80. The molecular weight excluding hydrogens is 362 g/mol. The van der Waals surface area contributed by atoms with E-state index in [2.05, 4.69) is 80.0 Å². The van der Waals surface area contributed by atoms with E-state index in [0.29, 0.717) is 23.5 Å². The lowest BCUT2D eigenvalue weighted by Gasteiger charge is -2.25. The molecule has 2 unspecified atom stereocenters. The molecule has 3 heterocycles. The van der Waals surface area contributed by atoms with Gasteiger partial charge in [-0.05, 0) is 37.7 Å². The van der Waals surface area contributed by atoms with Crippen LogP contribution in [-0.4, -0.2) is 36.8 Å². The first-order chi connectivity index (χ1) is 13.2. The Morgan fingerprint density at radius 1 is 0.931 bits per heavy atom. The molecule has 0 radical (unpaired) electrons. The summed E-state index contributed by atoms with van der Waals surface area (Å²) in [5.41, 5.74) is 0.652. The van der Waals surface area contributed by atoms with Crippen LogP contribution in [0.1, 0.15) is 74.7 Å². The van der Waals surface area contributed by atoms with Crippen LogP contribution in [0.25, 0.3) is 0 Å². The molecule has 0 aromatic rings. The number of allylic oxidation sites excluding steroid dienone is 2. The maximum Gasteiger partial charge on any atom is 0.182 e. The molecule has 0 N–H and O–H groups in total. The van der Waals surface area contributed by atoms with E-state index in [0.717, 1.165) is 56.4 Å². The Hall–Kier alpha value is -1.58. The number of nitrogens with zero attached hydrogens (tertiary/aromatic N) is 1. The molecule has 0 spiro atoms. The van der Waals surface area contributed by atoms with Crippen molar-refractivity contribution in [3.05, 3.63) is 37.1 Å². The van der Waals surface area contributed by atoms with E-state index in [1.54, 1.807) is 0 Å². The Morgan fingerprint density at radius 2 is 1.55 bits per heavy atom. The molecular formula is C25H45NO3. The zero-order valence-electron chi connectivity index (χ0n) is 20.3. The van der Waals surface area contributed by atoms with Crippen molar-refractivity contribution in [1.29, 1.82) is 0 Å². The number of hydrogen-bond acceptors (Lipinski definition) is 4. The van der Waals surface area contributed by atoms with Gasteiger partial charge in [0.15, 0.2) is 5.88 Å². The van der Waals surface area contributed by atoms with Gasteiger partial charge < -0.3 is 19.1 Å². The number of ether oxygens (including phenoxy) is 3. The van der Waals surface area contributed by atoms with Crippen LogP contribution in [0.15, 0.2) is 37.1 Å². The van der Waals surface area contributed by atoms with Crippen LogP contribution in [0.4, 0.5) is 0 Å². The second-order valence-corrected chi connectivity index (χ2v) is 10.7. The smallest absolute Gasteiger partial charge is 0.182 e. The molecule has 0 aromatic heterocycles. The highest BCUT2D eigenvalue weighted by molar-refractivity contribution is 4.95. The van der Waals surface area contributed by atoms with Crippen molar-refractivity contribution in [2.75, 3.05) is 19.8 Å². The maximum absolute atomic E-state index is 5.53. The minimum Gasteiger partial charge on any atom is -0.498 e. The first kappa shape index (κ1) is 25.5. The zero-order valence-corrected chi connectivity index (χ0v) is 20.3. The quantitative estimate of drug-likeness (QED) is 0.496. The summed E-state index contributed by atoms with van der Waals surface area (Å²) in [5.74, 6) is 3.41. The van der Waals surface area contributed by atoms with E-state index in [1.165, 1.54) is 0 Å². The monoisotopic (exact) mass is 407 g/mol. The van der Waals surface area contributed by atoms with Crippen molar-refractivity contribution in [3.63, 3.8) is 0 Å². The lowest BCUT2D eigenvalue weighted by molar-refractivity contribution is 0.0620. The minimum absolute atomic E-state index is 0.277. The normalized spacial score (nSPS) is 24.3. The van der Waals surface area contributed by atoms with Gasteiger partial charge in [0.25, 0.3) is 0 Å². The van der Waals surface area contributed by atoms with E-state index in [9.17, 15) is 0 Å². The molecule has 3 aliphatic heterocycles. The van der Waals surface area contributed by atoms with Crippen LogP contribution in [0.3, 0.4) is 0 Å². The van der Waals surface area contributed by atoms with E-state index < -0.39 is 0 Å². The van der Waals surface area contributed by atoms with Crippen molar-refractivity contribution in [1.82, 2.24) is 4.90 Å². The largest absolute Gasteiger partial charge is 0.498 e. The van der Waals surface area contributed by atoms with Gasteiger partial charge in [0.2, 0.25) is 0 Å². The molecule has 0 aliphatic carbocycles. The molecule has 3 rings (SSSR count). The molecule has 4 nitrogen and oxygen atoms in total. The molecule has 0 amide bonds. The van der Waals surface area contributed by atoms with Gasteiger partial charge in [0.05, 0.1) is 24.7 Å². The SMILES string of the molecule is C=C1CC(C(C)(C)C)CO1.C=C1CCC(C(C)(C)C)O1.C=C1OCCN1C(C)C. The average Bonchev–Trinajstić information content (AvgIpc) is 3.28. The second-order valence-electron chi connectivity index (χ2n) is 10.7. The maximum atomic E-state index is 5.53. The predicted octanol–water partition coefficient (Wildman–Crippen LogP) is 6.51. The lowest BCUT2D eigenvalue weighted by Crippen LogP contribution is -2.25. The molecule has 3 aliphatic rings. The van der Waals surface area contributed by atoms with Crippen molar-refractivity contribution < 1.29 is 14.2 Å².